The van der Waals surface area contributed by atoms with Crippen LogP contribution in [0.2, 0.25) is 0 Å². The summed E-state index contributed by atoms with van der Waals surface area (Å²) in [4.78, 5) is 3.75. The number of rotatable bonds is 1. The highest BCUT2D eigenvalue weighted by molar-refractivity contribution is 5.47. The van der Waals surface area contributed by atoms with Gasteiger partial charge < -0.3 is 9.47 Å². The molecule has 0 aliphatic carbocycles. The molecule has 0 saturated carbocycles. The van der Waals surface area contributed by atoms with Gasteiger partial charge in [0.2, 0.25) is 6.29 Å². The Hall–Kier alpha value is -0.990. The van der Waals surface area contributed by atoms with E-state index in [1.807, 2.05) is 13.8 Å². The van der Waals surface area contributed by atoms with Gasteiger partial charge in [-0.15, -0.1) is 0 Å². The second-order valence-corrected chi connectivity index (χ2v) is 2.42. The van der Waals surface area contributed by atoms with Gasteiger partial charge in [0.25, 0.3) is 0 Å². The monoisotopic (exact) mass is 141 g/mol. The van der Waals surface area contributed by atoms with E-state index >= 15 is 0 Å². The molecule has 1 heterocycles. The van der Waals surface area contributed by atoms with Crippen LogP contribution in [0.15, 0.2) is 17.5 Å². The van der Waals surface area contributed by atoms with Gasteiger partial charge in [-0.05, 0) is 0 Å². The lowest BCUT2D eigenvalue weighted by Gasteiger charge is -2.16. The van der Waals surface area contributed by atoms with Crippen molar-refractivity contribution >= 4 is 6.40 Å². The molecule has 0 aromatic rings. The zero-order valence-electron chi connectivity index (χ0n) is 6.15. The predicted molar refractivity (Wildman–Crippen MR) is 38.4 cm³/mol. The Labute approximate surface area is 60.4 Å². The van der Waals surface area contributed by atoms with Crippen LogP contribution in [0.5, 0.6) is 0 Å². The van der Waals surface area contributed by atoms with Gasteiger partial charge in [0.15, 0.2) is 6.40 Å². The summed E-state index contributed by atoms with van der Waals surface area (Å²) in [5, 5.41) is 0. The van der Waals surface area contributed by atoms with E-state index in [0.29, 0.717) is 5.92 Å². The Morgan fingerprint density at radius 2 is 2.20 bits per heavy atom. The highest BCUT2D eigenvalue weighted by atomic mass is 16.7. The van der Waals surface area contributed by atoms with E-state index < -0.39 is 0 Å². The molecule has 3 heteroatoms. The molecule has 56 valence electrons. The van der Waals surface area contributed by atoms with Crippen molar-refractivity contribution in [2.75, 3.05) is 0 Å². The van der Waals surface area contributed by atoms with Crippen molar-refractivity contribution in [3.8, 4) is 0 Å². The van der Waals surface area contributed by atoms with Gasteiger partial charge in [-0.25, -0.2) is 4.99 Å². The van der Waals surface area contributed by atoms with Gasteiger partial charge in [0.1, 0.15) is 6.26 Å². The summed E-state index contributed by atoms with van der Waals surface area (Å²) in [6.07, 6.45) is 4.30. The largest absolute Gasteiger partial charge is 0.461 e. The molecule has 1 rings (SSSR count). The smallest absolute Gasteiger partial charge is 0.243 e. The van der Waals surface area contributed by atoms with Crippen LogP contribution in [0, 0.1) is 5.92 Å². The van der Waals surface area contributed by atoms with Crippen molar-refractivity contribution in [1.82, 2.24) is 0 Å². The molecule has 0 N–H and O–H groups in total. The van der Waals surface area contributed by atoms with E-state index in [9.17, 15) is 0 Å². The Morgan fingerprint density at radius 1 is 1.40 bits per heavy atom. The van der Waals surface area contributed by atoms with E-state index in [1.54, 1.807) is 6.20 Å². The fourth-order valence-electron chi connectivity index (χ4n) is 0.624. The summed E-state index contributed by atoms with van der Waals surface area (Å²) >= 11 is 0. The second kappa shape index (κ2) is 3.25. The van der Waals surface area contributed by atoms with Crippen LogP contribution in [-0.4, -0.2) is 12.7 Å². The van der Waals surface area contributed by atoms with E-state index in [-0.39, 0.29) is 6.29 Å². The highest BCUT2D eigenvalue weighted by Crippen LogP contribution is 2.08. The van der Waals surface area contributed by atoms with Crippen LogP contribution in [-0.2, 0) is 9.47 Å². The fraction of sp³-hybridized carbons (Fsp3) is 0.571. The van der Waals surface area contributed by atoms with Crippen LogP contribution >= 0.6 is 0 Å². The Bertz CT molecular complexity index is 138. The first-order chi connectivity index (χ1) is 4.80. The first-order valence-electron chi connectivity index (χ1n) is 3.28. The number of hydrogen-bond acceptors (Lipinski definition) is 3. The normalized spacial score (nSPS) is 23.7. The highest BCUT2D eigenvalue weighted by Gasteiger charge is 2.13. The molecule has 0 aromatic carbocycles. The Morgan fingerprint density at radius 3 is 2.90 bits per heavy atom. The molecule has 0 bridgehead atoms. The zero-order valence-corrected chi connectivity index (χ0v) is 6.15. The molecule has 1 aliphatic rings. The van der Waals surface area contributed by atoms with Crippen LogP contribution in [0.25, 0.3) is 0 Å². The van der Waals surface area contributed by atoms with Gasteiger partial charge in [-0.2, -0.15) is 0 Å². The standard InChI is InChI=1S/C7H11NO2/c1-6(2)7-9-4-3-8-5-10-7/h3-7H,1-2H3. The Kier molecular flexibility index (Phi) is 2.31. The quantitative estimate of drug-likeness (QED) is 0.554. The summed E-state index contributed by atoms with van der Waals surface area (Å²) < 4.78 is 10.2. The van der Waals surface area contributed by atoms with Gasteiger partial charge in [-0.1, -0.05) is 13.8 Å². The van der Waals surface area contributed by atoms with Crippen molar-refractivity contribution in [2.24, 2.45) is 10.9 Å². The number of hydrogen-bond donors (Lipinski definition) is 0. The van der Waals surface area contributed by atoms with Crippen molar-refractivity contribution in [3.05, 3.63) is 12.5 Å². The second-order valence-electron chi connectivity index (χ2n) is 2.42. The van der Waals surface area contributed by atoms with Crippen molar-refractivity contribution in [3.63, 3.8) is 0 Å². The summed E-state index contributed by atoms with van der Waals surface area (Å²) in [5.74, 6) is 0.342. The molecule has 0 spiro atoms. The maximum Gasteiger partial charge on any atom is 0.243 e. The maximum absolute atomic E-state index is 5.14. The zero-order chi connectivity index (χ0) is 7.40. The third-order valence-corrected chi connectivity index (χ3v) is 1.16. The molecule has 3 nitrogen and oxygen atoms in total. The number of aliphatic imine (C=N–C) groups is 1. The minimum atomic E-state index is -0.192. The minimum Gasteiger partial charge on any atom is -0.461 e. The minimum absolute atomic E-state index is 0.192. The lowest BCUT2D eigenvalue weighted by Crippen LogP contribution is -2.19. The molecule has 1 aliphatic heterocycles. The van der Waals surface area contributed by atoms with Crippen LogP contribution in [0.1, 0.15) is 13.8 Å². The molecule has 1 unspecified atom stereocenters. The van der Waals surface area contributed by atoms with E-state index in [0.717, 1.165) is 0 Å². The summed E-state index contributed by atoms with van der Waals surface area (Å²) in [6.45, 7) is 4.05. The molecule has 0 amide bonds. The van der Waals surface area contributed by atoms with Crippen LogP contribution in [0.4, 0.5) is 0 Å². The number of ether oxygens (including phenoxy) is 2. The van der Waals surface area contributed by atoms with Gasteiger partial charge in [0.05, 0.1) is 6.20 Å². The first kappa shape index (κ1) is 7.12. The van der Waals surface area contributed by atoms with Gasteiger partial charge in [-0.3, -0.25) is 0 Å². The lowest BCUT2D eigenvalue weighted by atomic mass is 10.2. The first-order valence-corrected chi connectivity index (χ1v) is 3.28. The van der Waals surface area contributed by atoms with Crippen molar-refractivity contribution in [2.45, 2.75) is 20.1 Å². The average Bonchev–Trinajstić information content (AvgIpc) is 2.12. The molecule has 10 heavy (non-hydrogen) atoms. The molecular formula is C7H11NO2. The molecule has 0 fully saturated rings. The molecule has 0 saturated heterocycles. The van der Waals surface area contributed by atoms with Crippen LogP contribution < -0.4 is 0 Å². The van der Waals surface area contributed by atoms with Crippen molar-refractivity contribution < 1.29 is 9.47 Å². The van der Waals surface area contributed by atoms with E-state index in [4.69, 9.17) is 9.47 Å². The number of nitrogens with zero attached hydrogens (tertiary/aromatic N) is 1. The molecule has 0 aromatic heterocycles. The SMILES string of the molecule is CC(C)C1OC=CN=CO1. The topological polar surface area (TPSA) is 30.8 Å². The summed E-state index contributed by atoms with van der Waals surface area (Å²) in [6, 6.07) is 0. The third kappa shape index (κ3) is 1.76. The van der Waals surface area contributed by atoms with E-state index in [2.05, 4.69) is 4.99 Å². The molecule has 1 atom stereocenters. The summed E-state index contributed by atoms with van der Waals surface area (Å²) in [7, 11) is 0. The molecular weight excluding hydrogens is 130 g/mol. The van der Waals surface area contributed by atoms with Gasteiger partial charge in [0, 0.05) is 5.92 Å². The predicted octanol–water partition coefficient (Wildman–Crippen LogP) is 1.51. The van der Waals surface area contributed by atoms with Gasteiger partial charge >= 0.3 is 0 Å². The third-order valence-electron chi connectivity index (χ3n) is 1.16. The maximum atomic E-state index is 5.14. The van der Waals surface area contributed by atoms with E-state index in [1.165, 1.54) is 12.7 Å². The molecule has 0 radical (unpaired) electrons. The lowest BCUT2D eigenvalue weighted by molar-refractivity contribution is -0.0645. The Balaban J connectivity index is 2.47. The van der Waals surface area contributed by atoms with Crippen LogP contribution in [0.3, 0.4) is 0 Å². The van der Waals surface area contributed by atoms with Crippen molar-refractivity contribution in [1.29, 1.82) is 0 Å². The fourth-order valence-corrected chi connectivity index (χ4v) is 0.624. The average molecular weight is 141 g/mol. The summed E-state index contributed by atoms with van der Waals surface area (Å²) in [5.41, 5.74) is 0.